The lowest BCUT2D eigenvalue weighted by molar-refractivity contribution is -0.161. The molecule has 19 heteroatoms. The van der Waals surface area contributed by atoms with Gasteiger partial charge in [-0.1, -0.05) is 420 Å². The third-order valence-electron chi connectivity index (χ3n) is 20.9. The number of hydrogen-bond donors (Lipinski definition) is 3. The van der Waals surface area contributed by atoms with Gasteiger partial charge in [0.05, 0.1) is 26.4 Å². The number of aliphatic hydroxyl groups is 1. The Balaban J connectivity index is 5.23. The first kappa shape index (κ1) is 104. The van der Waals surface area contributed by atoms with Crippen LogP contribution in [0.3, 0.4) is 0 Å². The number of rotatable bonds is 87. The standard InChI is InChI=1S/C87H170O17P2/c1-6-10-13-16-19-22-25-27-29-33-38-41-46-51-56-61-66-71-85(90)98-77-83(104-87(92)73-68-63-58-53-48-43-39-35-32-31-34-36-40-45-49-54-59-64-69-80(5)9-4)79-102-106(95,96)100-75-81(88)74-99-105(93,94)101-78-82(76-97-84(89)70-65-60-55-50-44-24-21-18-15-12-8-3)103-86(91)72-67-62-57-52-47-42-37-30-28-26-23-20-17-14-11-7-2/h80-83,88H,6-79H2,1-5H3,(H,93,94)(H,95,96)/t80?,81-,82+,83+/m0/s1. The fourth-order valence-electron chi connectivity index (χ4n) is 13.6. The predicted octanol–water partition coefficient (Wildman–Crippen LogP) is 26.8. The molecule has 0 aliphatic heterocycles. The molecule has 6 atom stereocenters. The van der Waals surface area contributed by atoms with Crippen molar-refractivity contribution in [3.05, 3.63) is 0 Å². The summed E-state index contributed by atoms with van der Waals surface area (Å²) in [6, 6.07) is 0. The topological polar surface area (TPSA) is 237 Å². The van der Waals surface area contributed by atoms with Crippen molar-refractivity contribution in [2.75, 3.05) is 39.6 Å². The highest BCUT2D eigenvalue weighted by atomic mass is 31.2. The van der Waals surface area contributed by atoms with Gasteiger partial charge in [0.15, 0.2) is 12.2 Å². The van der Waals surface area contributed by atoms with Crippen molar-refractivity contribution in [3.8, 4) is 0 Å². The minimum absolute atomic E-state index is 0.109. The molecule has 0 aromatic rings. The monoisotopic (exact) mass is 1550 g/mol. The lowest BCUT2D eigenvalue weighted by atomic mass is 9.99. The number of carbonyl (C=O) groups is 4. The molecule has 0 spiro atoms. The first-order valence-electron chi connectivity index (χ1n) is 45.2. The van der Waals surface area contributed by atoms with E-state index in [0.717, 1.165) is 95.8 Å². The quantitative estimate of drug-likeness (QED) is 0.0222. The Hall–Kier alpha value is -1.94. The van der Waals surface area contributed by atoms with Crippen molar-refractivity contribution >= 4 is 39.5 Å². The van der Waals surface area contributed by atoms with Crippen LogP contribution in [0.2, 0.25) is 0 Å². The summed E-state index contributed by atoms with van der Waals surface area (Å²) < 4.78 is 68.9. The number of unbranched alkanes of at least 4 members (excludes halogenated alkanes) is 58. The van der Waals surface area contributed by atoms with E-state index in [4.69, 9.17) is 37.0 Å². The summed E-state index contributed by atoms with van der Waals surface area (Å²) in [7, 11) is -9.93. The molecule has 0 fully saturated rings. The van der Waals surface area contributed by atoms with E-state index in [0.29, 0.717) is 25.7 Å². The fourth-order valence-corrected chi connectivity index (χ4v) is 15.2. The molecule has 106 heavy (non-hydrogen) atoms. The van der Waals surface area contributed by atoms with E-state index >= 15 is 0 Å². The van der Waals surface area contributed by atoms with Crippen molar-refractivity contribution in [1.82, 2.24) is 0 Å². The van der Waals surface area contributed by atoms with Gasteiger partial charge < -0.3 is 33.8 Å². The van der Waals surface area contributed by atoms with Crippen molar-refractivity contribution in [2.24, 2.45) is 5.92 Å². The summed E-state index contributed by atoms with van der Waals surface area (Å²) in [6.45, 7) is 7.44. The molecule has 0 aromatic carbocycles. The number of aliphatic hydroxyl groups excluding tert-OH is 1. The summed E-state index contributed by atoms with van der Waals surface area (Å²) in [6.07, 6.45) is 73.5. The molecule has 3 N–H and O–H groups in total. The molecule has 17 nitrogen and oxygen atoms in total. The van der Waals surface area contributed by atoms with E-state index in [1.54, 1.807) is 0 Å². The first-order chi connectivity index (χ1) is 51.6. The Morgan fingerprint density at radius 1 is 0.264 bits per heavy atom. The Kier molecular flexibility index (Phi) is 78.2. The van der Waals surface area contributed by atoms with Crippen LogP contribution in [-0.4, -0.2) is 96.7 Å². The molecular weight excluding hydrogens is 1380 g/mol. The molecule has 0 bridgehead atoms. The summed E-state index contributed by atoms with van der Waals surface area (Å²) in [5, 5.41) is 10.7. The highest BCUT2D eigenvalue weighted by Crippen LogP contribution is 2.45. The molecule has 3 unspecified atom stereocenters. The van der Waals surface area contributed by atoms with E-state index in [-0.39, 0.29) is 25.7 Å². The Morgan fingerprint density at radius 2 is 0.453 bits per heavy atom. The number of esters is 4. The minimum Gasteiger partial charge on any atom is -0.462 e. The van der Waals surface area contributed by atoms with Gasteiger partial charge >= 0.3 is 39.5 Å². The van der Waals surface area contributed by atoms with E-state index in [9.17, 15) is 43.2 Å². The molecule has 0 rings (SSSR count). The molecule has 0 aliphatic rings. The van der Waals surface area contributed by atoms with Gasteiger partial charge in [-0.2, -0.15) is 0 Å². The summed E-state index contributed by atoms with van der Waals surface area (Å²) in [5.41, 5.74) is 0. The lowest BCUT2D eigenvalue weighted by Crippen LogP contribution is -2.30. The second-order valence-corrected chi connectivity index (χ2v) is 34.4. The van der Waals surface area contributed by atoms with Gasteiger partial charge in [-0.15, -0.1) is 0 Å². The summed E-state index contributed by atoms with van der Waals surface area (Å²) in [4.78, 5) is 73.3. The Bertz CT molecular complexity index is 2020. The number of phosphoric ester groups is 2. The number of carbonyl (C=O) groups excluding carboxylic acids is 4. The van der Waals surface area contributed by atoms with Crippen molar-refractivity contribution < 1.29 is 80.2 Å². The third-order valence-corrected chi connectivity index (χ3v) is 22.8. The van der Waals surface area contributed by atoms with Crippen LogP contribution in [0.4, 0.5) is 0 Å². The second-order valence-electron chi connectivity index (χ2n) is 31.5. The maximum Gasteiger partial charge on any atom is 0.472 e. The van der Waals surface area contributed by atoms with Gasteiger partial charge in [0.25, 0.3) is 0 Å². The summed E-state index contributed by atoms with van der Waals surface area (Å²) in [5.74, 6) is -1.23. The molecule has 0 saturated heterocycles. The smallest absolute Gasteiger partial charge is 0.462 e. The maximum atomic E-state index is 13.2. The van der Waals surface area contributed by atoms with Crippen LogP contribution in [0.15, 0.2) is 0 Å². The van der Waals surface area contributed by atoms with Gasteiger partial charge in [0, 0.05) is 25.7 Å². The minimum atomic E-state index is -4.97. The highest BCUT2D eigenvalue weighted by Gasteiger charge is 2.30. The molecule has 0 heterocycles. The zero-order valence-corrected chi connectivity index (χ0v) is 71.4. The van der Waals surface area contributed by atoms with Crippen LogP contribution in [0.5, 0.6) is 0 Å². The van der Waals surface area contributed by atoms with Gasteiger partial charge in [0.1, 0.15) is 19.3 Å². The zero-order valence-electron chi connectivity index (χ0n) is 69.6. The molecule has 0 saturated carbocycles. The van der Waals surface area contributed by atoms with Gasteiger partial charge in [0.2, 0.25) is 0 Å². The number of ether oxygens (including phenoxy) is 4. The number of hydrogen-bond acceptors (Lipinski definition) is 15. The van der Waals surface area contributed by atoms with Crippen LogP contribution in [0, 0.1) is 5.92 Å². The molecule has 0 aliphatic carbocycles. The zero-order chi connectivity index (χ0) is 77.6. The Labute approximate surface area is 651 Å². The molecule has 0 aromatic heterocycles. The molecule has 630 valence electrons. The third kappa shape index (κ3) is 78.7. The number of phosphoric acid groups is 2. The normalized spacial score (nSPS) is 14.0. The molecule has 0 radical (unpaired) electrons. The highest BCUT2D eigenvalue weighted by molar-refractivity contribution is 7.47. The van der Waals surface area contributed by atoms with Gasteiger partial charge in [-0.3, -0.25) is 37.3 Å². The average Bonchev–Trinajstić information content (AvgIpc) is 0.900. The Morgan fingerprint density at radius 3 is 0.670 bits per heavy atom. The molecular formula is C87H170O17P2. The van der Waals surface area contributed by atoms with Crippen LogP contribution in [-0.2, 0) is 65.4 Å². The average molecular weight is 1550 g/mol. The lowest BCUT2D eigenvalue weighted by Gasteiger charge is -2.21. The van der Waals surface area contributed by atoms with Crippen molar-refractivity contribution in [3.63, 3.8) is 0 Å². The summed E-state index contributed by atoms with van der Waals surface area (Å²) >= 11 is 0. The van der Waals surface area contributed by atoms with Gasteiger partial charge in [-0.25, -0.2) is 9.13 Å². The van der Waals surface area contributed by atoms with Crippen LogP contribution >= 0.6 is 15.6 Å². The van der Waals surface area contributed by atoms with Crippen LogP contribution in [0.25, 0.3) is 0 Å². The van der Waals surface area contributed by atoms with Crippen molar-refractivity contribution in [2.45, 2.75) is 490 Å². The largest absolute Gasteiger partial charge is 0.472 e. The van der Waals surface area contributed by atoms with E-state index in [2.05, 4.69) is 34.6 Å². The van der Waals surface area contributed by atoms with E-state index < -0.39 is 97.5 Å². The van der Waals surface area contributed by atoms with Crippen LogP contribution < -0.4 is 0 Å². The van der Waals surface area contributed by atoms with E-state index in [1.165, 1.54) is 295 Å². The first-order valence-corrected chi connectivity index (χ1v) is 48.2. The van der Waals surface area contributed by atoms with Crippen molar-refractivity contribution in [1.29, 1.82) is 0 Å². The van der Waals surface area contributed by atoms with E-state index in [1.807, 2.05) is 0 Å². The van der Waals surface area contributed by atoms with Crippen LogP contribution in [0.1, 0.15) is 471 Å². The fraction of sp³-hybridized carbons (Fsp3) is 0.954. The second kappa shape index (κ2) is 79.7. The molecule has 0 amide bonds. The predicted molar refractivity (Wildman–Crippen MR) is 437 cm³/mol. The van der Waals surface area contributed by atoms with Gasteiger partial charge in [-0.05, 0) is 31.6 Å². The maximum absolute atomic E-state index is 13.2. The SMILES string of the molecule is CCCCCCCCCCCCCCCCCCCC(=O)OC[C@H](COP(=O)(O)OC[C@@H](O)COP(=O)(O)OC[C@@H](COC(=O)CCCCCCCCCCCCC)OC(=O)CCCCCCCCCCCCCCCCCC)OC(=O)CCCCCCCCCCCCCCCCCCCCC(C)CC.